The molecule has 0 spiro atoms. The number of carbonyl (C=O) groups is 1. The molecule has 23 heavy (non-hydrogen) atoms. The molecule has 2 atom stereocenters. The maximum Gasteiger partial charge on any atom is 0.248 e. The Hall–Kier alpha value is -2.25. The molecule has 3 rings (SSSR count). The molecule has 7 nitrogen and oxygen atoms in total. The summed E-state index contributed by atoms with van der Waals surface area (Å²) in [7, 11) is 0. The van der Waals surface area contributed by atoms with Crippen LogP contribution in [0.15, 0.2) is 30.3 Å². The second kappa shape index (κ2) is 6.89. The fourth-order valence-electron chi connectivity index (χ4n) is 2.66. The predicted octanol–water partition coefficient (Wildman–Crippen LogP) is 1.55. The van der Waals surface area contributed by atoms with Crippen molar-refractivity contribution < 1.29 is 4.79 Å². The van der Waals surface area contributed by atoms with Crippen molar-refractivity contribution in [3.63, 3.8) is 0 Å². The van der Waals surface area contributed by atoms with Crippen LogP contribution in [0.5, 0.6) is 0 Å². The smallest absolute Gasteiger partial charge is 0.248 e. The minimum Gasteiger partial charge on any atom is -0.292 e. The molecule has 1 aliphatic heterocycles. The lowest BCUT2D eigenvalue weighted by atomic mass is 10.0. The Bertz CT molecular complexity index is 654. The number of amides is 1. The maximum atomic E-state index is 12.3. The summed E-state index contributed by atoms with van der Waals surface area (Å²) < 4.78 is 0. The van der Waals surface area contributed by atoms with Gasteiger partial charge >= 0.3 is 0 Å². The van der Waals surface area contributed by atoms with Crippen molar-refractivity contribution in [2.75, 3.05) is 5.32 Å². The Labute approximate surface area is 135 Å². The largest absolute Gasteiger partial charge is 0.292 e. The first kappa shape index (κ1) is 15.6. The summed E-state index contributed by atoms with van der Waals surface area (Å²) in [5.41, 5.74) is 7.36. The van der Waals surface area contributed by atoms with Gasteiger partial charge in [0.2, 0.25) is 11.9 Å². The zero-order valence-corrected chi connectivity index (χ0v) is 13.3. The van der Waals surface area contributed by atoms with E-state index in [-0.39, 0.29) is 18.0 Å². The number of nitrogens with zero attached hydrogens (tertiary/aromatic N) is 2. The summed E-state index contributed by atoms with van der Waals surface area (Å²) in [6.45, 7) is 4.22. The average Bonchev–Trinajstić information content (AvgIpc) is 3.17. The highest BCUT2D eigenvalue weighted by Gasteiger charge is 2.30. The standard InChI is InChI=1S/C16H22N6O/c1-10(2)8-14-17-16(22-21-14)18-15(23)13-9-12(19-20-13)11-6-4-3-5-7-11/h3-7,10,12-13,19-20H,8-9H2,1-2H3,(H2,17,18,21,22,23). The number of benzene rings is 1. The molecular formula is C16H22N6O. The molecule has 4 N–H and O–H groups in total. The number of hydrogen-bond donors (Lipinski definition) is 4. The van der Waals surface area contributed by atoms with Crippen molar-refractivity contribution in [2.24, 2.45) is 5.92 Å². The van der Waals surface area contributed by atoms with Crippen LogP contribution in [0.25, 0.3) is 0 Å². The van der Waals surface area contributed by atoms with Crippen LogP contribution < -0.4 is 16.2 Å². The molecule has 1 fully saturated rings. The number of nitrogens with one attached hydrogen (secondary N) is 4. The van der Waals surface area contributed by atoms with Gasteiger partial charge in [0.1, 0.15) is 11.9 Å². The van der Waals surface area contributed by atoms with Crippen LogP contribution in [0, 0.1) is 5.92 Å². The quantitative estimate of drug-likeness (QED) is 0.672. The average molecular weight is 314 g/mol. The first-order valence-electron chi connectivity index (χ1n) is 7.90. The van der Waals surface area contributed by atoms with E-state index in [0.717, 1.165) is 17.8 Å². The molecular weight excluding hydrogens is 292 g/mol. The van der Waals surface area contributed by atoms with Crippen LogP contribution in [-0.2, 0) is 11.2 Å². The fraction of sp³-hybridized carbons (Fsp3) is 0.438. The van der Waals surface area contributed by atoms with Gasteiger partial charge in [0.05, 0.1) is 0 Å². The van der Waals surface area contributed by atoms with E-state index in [2.05, 4.69) is 45.2 Å². The molecule has 1 aliphatic rings. The lowest BCUT2D eigenvalue weighted by molar-refractivity contribution is -0.117. The second-order valence-corrected chi connectivity index (χ2v) is 6.23. The Balaban J connectivity index is 1.56. The second-order valence-electron chi connectivity index (χ2n) is 6.23. The molecule has 0 radical (unpaired) electrons. The van der Waals surface area contributed by atoms with Crippen molar-refractivity contribution in [2.45, 2.75) is 38.8 Å². The summed E-state index contributed by atoms with van der Waals surface area (Å²) >= 11 is 0. The summed E-state index contributed by atoms with van der Waals surface area (Å²) in [5, 5.41) is 9.65. The molecule has 2 unspecified atom stereocenters. The molecule has 1 aromatic heterocycles. The van der Waals surface area contributed by atoms with E-state index < -0.39 is 0 Å². The molecule has 1 saturated heterocycles. The number of anilines is 1. The van der Waals surface area contributed by atoms with Crippen molar-refractivity contribution in [3.05, 3.63) is 41.7 Å². The van der Waals surface area contributed by atoms with Crippen LogP contribution >= 0.6 is 0 Å². The highest BCUT2D eigenvalue weighted by Crippen LogP contribution is 2.22. The monoisotopic (exact) mass is 314 g/mol. The van der Waals surface area contributed by atoms with Crippen molar-refractivity contribution in [3.8, 4) is 0 Å². The molecule has 0 bridgehead atoms. The number of aromatic nitrogens is 3. The number of rotatable bonds is 5. The topological polar surface area (TPSA) is 94.7 Å². The van der Waals surface area contributed by atoms with Gasteiger partial charge in [-0.3, -0.25) is 15.2 Å². The first-order valence-corrected chi connectivity index (χ1v) is 7.90. The van der Waals surface area contributed by atoms with Gasteiger partial charge in [-0.25, -0.2) is 10.9 Å². The van der Waals surface area contributed by atoms with Gasteiger partial charge in [-0.1, -0.05) is 44.2 Å². The van der Waals surface area contributed by atoms with Gasteiger partial charge in [-0.2, -0.15) is 4.98 Å². The van der Waals surface area contributed by atoms with E-state index in [0.29, 0.717) is 18.3 Å². The number of hydrogen-bond acceptors (Lipinski definition) is 5. The number of aromatic amines is 1. The number of carbonyl (C=O) groups excluding carboxylic acids is 1. The van der Waals surface area contributed by atoms with Gasteiger partial charge in [0, 0.05) is 12.5 Å². The zero-order valence-electron chi connectivity index (χ0n) is 13.3. The molecule has 0 aliphatic carbocycles. The van der Waals surface area contributed by atoms with E-state index in [9.17, 15) is 4.79 Å². The van der Waals surface area contributed by atoms with Crippen molar-refractivity contribution in [1.29, 1.82) is 0 Å². The van der Waals surface area contributed by atoms with E-state index in [1.807, 2.05) is 30.3 Å². The Morgan fingerprint density at radius 2 is 2.09 bits per heavy atom. The number of H-pyrrole nitrogens is 1. The molecule has 2 aromatic rings. The highest BCUT2D eigenvalue weighted by molar-refractivity contribution is 5.93. The minimum atomic E-state index is -0.313. The lowest BCUT2D eigenvalue weighted by Gasteiger charge is -2.09. The molecule has 1 aromatic carbocycles. The van der Waals surface area contributed by atoms with Crippen LogP contribution in [0.4, 0.5) is 5.95 Å². The molecule has 122 valence electrons. The third kappa shape index (κ3) is 3.94. The van der Waals surface area contributed by atoms with Gasteiger partial charge in [-0.05, 0) is 17.9 Å². The van der Waals surface area contributed by atoms with Gasteiger partial charge < -0.3 is 0 Å². The molecule has 7 heteroatoms. The predicted molar refractivity (Wildman–Crippen MR) is 87.4 cm³/mol. The maximum absolute atomic E-state index is 12.3. The van der Waals surface area contributed by atoms with Crippen LogP contribution in [0.3, 0.4) is 0 Å². The summed E-state index contributed by atoms with van der Waals surface area (Å²) in [6.07, 6.45) is 1.49. The van der Waals surface area contributed by atoms with Crippen LogP contribution in [0.2, 0.25) is 0 Å². The van der Waals surface area contributed by atoms with E-state index in [1.165, 1.54) is 0 Å². The Morgan fingerprint density at radius 1 is 1.30 bits per heavy atom. The Morgan fingerprint density at radius 3 is 2.83 bits per heavy atom. The SMILES string of the molecule is CC(C)Cc1nc(NC(=O)C2CC(c3ccccc3)NN2)n[nH]1. The van der Waals surface area contributed by atoms with Gasteiger partial charge in [0.25, 0.3) is 0 Å². The van der Waals surface area contributed by atoms with Gasteiger partial charge in [-0.15, -0.1) is 5.10 Å². The Kier molecular flexibility index (Phi) is 4.68. The minimum absolute atomic E-state index is 0.121. The molecule has 1 amide bonds. The van der Waals surface area contributed by atoms with Crippen LogP contribution in [-0.4, -0.2) is 27.1 Å². The highest BCUT2D eigenvalue weighted by atomic mass is 16.2. The fourth-order valence-corrected chi connectivity index (χ4v) is 2.66. The molecule has 2 heterocycles. The van der Waals surface area contributed by atoms with Crippen molar-refractivity contribution in [1.82, 2.24) is 26.0 Å². The first-order chi connectivity index (χ1) is 11.1. The third-order valence-electron chi connectivity index (χ3n) is 3.79. The number of hydrazine groups is 1. The van der Waals surface area contributed by atoms with E-state index >= 15 is 0 Å². The summed E-state index contributed by atoms with van der Waals surface area (Å²) in [6, 6.07) is 9.87. The third-order valence-corrected chi connectivity index (χ3v) is 3.79. The normalized spacial score (nSPS) is 20.8. The van der Waals surface area contributed by atoms with E-state index in [1.54, 1.807) is 0 Å². The summed E-state index contributed by atoms with van der Waals surface area (Å²) in [4.78, 5) is 16.6. The lowest BCUT2D eigenvalue weighted by Crippen LogP contribution is -2.39. The van der Waals surface area contributed by atoms with Crippen molar-refractivity contribution >= 4 is 11.9 Å². The summed E-state index contributed by atoms with van der Waals surface area (Å²) in [5.74, 6) is 1.47. The van der Waals surface area contributed by atoms with Crippen LogP contribution in [0.1, 0.15) is 37.7 Å². The van der Waals surface area contributed by atoms with E-state index in [4.69, 9.17) is 0 Å². The van der Waals surface area contributed by atoms with Gasteiger partial charge in [0.15, 0.2) is 0 Å². The zero-order chi connectivity index (χ0) is 16.2. The molecule has 0 saturated carbocycles.